The van der Waals surface area contributed by atoms with Crippen molar-refractivity contribution in [1.29, 1.82) is 0 Å². The molecule has 1 N–H and O–H groups in total. The number of anilines is 2. The van der Waals surface area contributed by atoms with Crippen molar-refractivity contribution in [3.8, 4) is 0 Å². The summed E-state index contributed by atoms with van der Waals surface area (Å²) in [6.45, 7) is 5.92. The van der Waals surface area contributed by atoms with E-state index in [9.17, 15) is 5.11 Å². The van der Waals surface area contributed by atoms with Crippen LogP contribution in [0.3, 0.4) is 0 Å². The zero-order valence-corrected chi connectivity index (χ0v) is 18.8. The molecule has 0 saturated carbocycles. The SMILES string of the molecule is CSc1ccc2c(c1)N(CCCN1CCC(OC(C)O)CC1)c1ccccc1S2. The molecule has 0 bridgehead atoms. The van der Waals surface area contributed by atoms with Gasteiger partial charge in [0.25, 0.3) is 0 Å². The number of piperidine rings is 1. The van der Waals surface area contributed by atoms with Gasteiger partial charge in [-0.15, -0.1) is 11.8 Å². The molecule has 4 nitrogen and oxygen atoms in total. The minimum Gasteiger partial charge on any atom is -0.368 e. The van der Waals surface area contributed by atoms with E-state index in [-0.39, 0.29) is 6.10 Å². The summed E-state index contributed by atoms with van der Waals surface area (Å²) in [4.78, 5) is 9.04. The van der Waals surface area contributed by atoms with Crippen molar-refractivity contribution in [3.63, 3.8) is 0 Å². The Morgan fingerprint density at radius 3 is 2.62 bits per heavy atom. The Bertz CT molecular complexity index is 822. The summed E-state index contributed by atoms with van der Waals surface area (Å²) in [5, 5.41) is 9.41. The van der Waals surface area contributed by atoms with E-state index in [4.69, 9.17) is 4.74 Å². The van der Waals surface area contributed by atoms with Gasteiger partial charge in [0, 0.05) is 34.3 Å². The van der Waals surface area contributed by atoms with Crippen LogP contribution in [-0.4, -0.2) is 54.8 Å². The number of benzene rings is 2. The van der Waals surface area contributed by atoms with Crippen molar-refractivity contribution < 1.29 is 9.84 Å². The van der Waals surface area contributed by atoms with Crippen molar-refractivity contribution in [2.24, 2.45) is 0 Å². The Hall–Kier alpha value is -1.18. The molecule has 2 aromatic rings. The molecule has 0 spiro atoms. The molecule has 2 heterocycles. The topological polar surface area (TPSA) is 35.9 Å². The number of thioether (sulfide) groups is 1. The lowest BCUT2D eigenvalue weighted by molar-refractivity contribution is -0.136. The van der Waals surface area contributed by atoms with Gasteiger partial charge in [0.2, 0.25) is 0 Å². The van der Waals surface area contributed by atoms with Gasteiger partial charge in [-0.3, -0.25) is 0 Å². The lowest BCUT2D eigenvalue weighted by atomic mass is 10.1. The van der Waals surface area contributed by atoms with Crippen LogP contribution in [0.15, 0.2) is 57.2 Å². The van der Waals surface area contributed by atoms with Crippen molar-refractivity contribution in [1.82, 2.24) is 4.90 Å². The van der Waals surface area contributed by atoms with Gasteiger partial charge in [-0.25, -0.2) is 0 Å². The maximum absolute atomic E-state index is 9.41. The van der Waals surface area contributed by atoms with E-state index in [2.05, 4.69) is 58.5 Å². The summed E-state index contributed by atoms with van der Waals surface area (Å²) in [7, 11) is 0. The lowest BCUT2D eigenvalue weighted by Crippen LogP contribution is -2.39. The van der Waals surface area contributed by atoms with E-state index in [0.717, 1.165) is 45.4 Å². The summed E-state index contributed by atoms with van der Waals surface area (Å²) in [6.07, 6.45) is 4.83. The predicted molar refractivity (Wildman–Crippen MR) is 123 cm³/mol. The highest BCUT2D eigenvalue weighted by Crippen LogP contribution is 2.48. The summed E-state index contributed by atoms with van der Waals surface area (Å²) >= 11 is 3.68. The summed E-state index contributed by atoms with van der Waals surface area (Å²) in [5.74, 6) is 0. The predicted octanol–water partition coefficient (Wildman–Crippen LogP) is 5.22. The number of fused-ring (bicyclic) bond motifs is 2. The van der Waals surface area contributed by atoms with Gasteiger partial charge >= 0.3 is 0 Å². The Kier molecular flexibility index (Phi) is 7.08. The van der Waals surface area contributed by atoms with Crippen molar-refractivity contribution in [3.05, 3.63) is 42.5 Å². The molecule has 6 heteroatoms. The zero-order chi connectivity index (χ0) is 20.2. The first kappa shape index (κ1) is 21.1. The zero-order valence-electron chi connectivity index (χ0n) is 17.2. The fraction of sp³-hybridized carbons (Fsp3) is 0.478. The van der Waals surface area contributed by atoms with Gasteiger partial charge in [0.1, 0.15) is 0 Å². The van der Waals surface area contributed by atoms with E-state index in [1.165, 1.54) is 26.1 Å². The minimum absolute atomic E-state index is 0.203. The van der Waals surface area contributed by atoms with Crippen LogP contribution in [0, 0.1) is 0 Å². The number of para-hydroxylation sites is 1. The molecule has 1 saturated heterocycles. The Labute approximate surface area is 182 Å². The van der Waals surface area contributed by atoms with Gasteiger partial charge in [0.15, 0.2) is 6.29 Å². The monoisotopic (exact) mass is 430 g/mol. The van der Waals surface area contributed by atoms with E-state index in [1.807, 2.05) is 11.8 Å². The number of likely N-dealkylation sites (tertiary alicyclic amines) is 1. The Balaban J connectivity index is 1.40. The summed E-state index contributed by atoms with van der Waals surface area (Å²) in [5.41, 5.74) is 2.66. The van der Waals surface area contributed by atoms with Crippen LogP contribution in [0.5, 0.6) is 0 Å². The normalized spacial score (nSPS) is 18.4. The van der Waals surface area contributed by atoms with Gasteiger partial charge < -0.3 is 19.6 Å². The number of hydrogen-bond donors (Lipinski definition) is 1. The fourth-order valence-electron chi connectivity index (χ4n) is 4.18. The Morgan fingerprint density at radius 2 is 1.86 bits per heavy atom. The average Bonchev–Trinajstić information content (AvgIpc) is 2.73. The maximum Gasteiger partial charge on any atom is 0.152 e. The summed E-state index contributed by atoms with van der Waals surface area (Å²) in [6, 6.07) is 15.6. The third kappa shape index (κ3) is 5.12. The third-order valence-corrected chi connectivity index (χ3v) is 7.47. The smallest absolute Gasteiger partial charge is 0.152 e. The van der Waals surface area contributed by atoms with E-state index in [1.54, 1.807) is 18.7 Å². The molecule has 0 radical (unpaired) electrons. The molecule has 4 rings (SSSR count). The molecular formula is C23H30N2O2S2. The van der Waals surface area contributed by atoms with Crippen LogP contribution < -0.4 is 4.90 Å². The average molecular weight is 431 g/mol. The minimum atomic E-state index is -0.658. The maximum atomic E-state index is 9.41. The second kappa shape index (κ2) is 9.75. The molecule has 0 aliphatic carbocycles. The molecule has 1 unspecified atom stereocenters. The summed E-state index contributed by atoms with van der Waals surface area (Å²) < 4.78 is 5.56. The van der Waals surface area contributed by atoms with Gasteiger partial charge in [-0.2, -0.15) is 0 Å². The van der Waals surface area contributed by atoms with Crippen molar-refractivity contribution in [2.75, 3.05) is 37.3 Å². The Morgan fingerprint density at radius 1 is 1.10 bits per heavy atom. The molecule has 29 heavy (non-hydrogen) atoms. The molecular weight excluding hydrogens is 400 g/mol. The molecule has 2 aliphatic rings. The molecule has 2 aliphatic heterocycles. The van der Waals surface area contributed by atoms with Crippen LogP contribution in [0.25, 0.3) is 0 Å². The van der Waals surface area contributed by atoms with Crippen LogP contribution in [0.2, 0.25) is 0 Å². The highest BCUT2D eigenvalue weighted by atomic mass is 32.2. The van der Waals surface area contributed by atoms with E-state index in [0.29, 0.717) is 0 Å². The lowest BCUT2D eigenvalue weighted by Gasteiger charge is -2.35. The second-order valence-electron chi connectivity index (χ2n) is 7.69. The fourth-order valence-corrected chi connectivity index (χ4v) is 5.69. The first-order valence-corrected chi connectivity index (χ1v) is 12.5. The molecule has 0 amide bonds. The molecule has 156 valence electrons. The molecule has 1 fully saturated rings. The van der Waals surface area contributed by atoms with Crippen molar-refractivity contribution >= 4 is 34.9 Å². The number of aliphatic hydroxyl groups is 1. The van der Waals surface area contributed by atoms with Gasteiger partial charge in [0.05, 0.1) is 17.5 Å². The number of aliphatic hydroxyl groups excluding tert-OH is 1. The van der Waals surface area contributed by atoms with Crippen LogP contribution in [-0.2, 0) is 4.74 Å². The number of hydrogen-bond acceptors (Lipinski definition) is 6. The first-order chi connectivity index (χ1) is 14.1. The van der Waals surface area contributed by atoms with Gasteiger partial charge in [-0.05, 0) is 69.3 Å². The van der Waals surface area contributed by atoms with E-state index >= 15 is 0 Å². The molecule has 0 aromatic heterocycles. The molecule has 1 atom stereocenters. The highest BCUT2D eigenvalue weighted by molar-refractivity contribution is 8.00. The molecule has 2 aromatic carbocycles. The second-order valence-corrected chi connectivity index (χ2v) is 9.65. The number of rotatable bonds is 7. The quantitative estimate of drug-likeness (QED) is 0.479. The van der Waals surface area contributed by atoms with E-state index < -0.39 is 6.29 Å². The standard InChI is InChI=1S/C23H30N2O2S2/c1-17(26)27-18-10-14-24(15-11-18)12-5-13-25-20-6-3-4-7-22(20)29-23-9-8-19(28-2)16-21(23)25/h3-4,6-9,16-18,26H,5,10-15H2,1-2H3. The largest absolute Gasteiger partial charge is 0.368 e. The number of ether oxygens (including phenoxy) is 1. The first-order valence-electron chi connectivity index (χ1n) is 10.4. The van der Waals surface area contributed by atoms with Crippen LogP contribution in [0.1, 0.15) is 26.2 Å². The van der Waals surface area contributed by atoms with Crippen LogP contribution in [0.4, 0.5) is 11.4 Å². The van der Waals surface area contributed by atoms with Gasteiger partial charge in [-0.1, -0.05) is 23.9 Å². The van der Waals surface area contributed by atoms with Crippen LogP contribution >= 0.6 is 23.5 Å². The third-order valence-electron chi connectivity index (χ3n) is 5.61. The highest BCUT2D eigenvalue weighted by Gasteiger charge is 2.24. The van der Waals surface area contributed by atoms with Crippen molar-refractivity contribution in [2.45, 2.75) is 53.3 Å². The number of nitrogens with zero attached hydrogens (tertiary/aromatic N) is 2.